The molecule has 0 unspecified atom stereocenters. The zero-order chi connectivity index (χ0) is 27.6. The number of hydrogen-bond acceptors (Lipinski definition) is 7. The van der Waals surface area contributed by atoms with Gasteiger partial charge in [0, 0.05) is 17.0 Å². The van der Waals surface area contributed by atoms with Gasteiger partial charge >= 0.3 is 5.97 Å². The second-order valence-electron chi connectivity index (χ2n) is 9.02. The first-order valence-electron chi connectivity index (χ1n) is 12.7. The van der Waals surface area contributed by atoms with Crippen molar-refractivity contribution < 1.29 is 33.0 Å². The normalized spacial score (nSPS) is 13.2. The fourth-order valence-electron chi connectivity index (χ4n) is 4.57. The molecule has 0 atom stereocenters. The highest BCUT2D eigenvalue weighted by atomic mass is 16.5. The van der Waals surface area contributed by atoms with Crippen LogP contribution in [-0.4, -0.2) is 25.5 Å². The molecule has 0 amide bonds. The summed E-state index contributed by atoms with van der Waals surface area (Å²) in [6.07, 6.45) is 1.67. The summed E-state index contributed by atoms with van der Waals surface area (Å²) in [4.78, 5) is 26.5. The minimum absolute atomic E-state index is 0.182. The Hall–Kier alpha value is -5.30. The Bertz CT molecular complexity index is 1760. The molecule has 1 aliphatic rings. The van der Waals surface area contributed by atoms with Crippen molar-refractivity contribution >= 4 is 28.8 Å². The van der Waals surface area contributed by atoms with Gasteiger partial charge in [0.2, 0.25) is 5.78 Å². The summed E-state index contributed by atoms with van der Waals surface area (Å²) in [5, 5.41) is 0.566. The fraction of sp³-hybridized carbons (Fsp3) is 0.0909. The van der Waals surface area contributed by atoms with Gasteiger partial charge in [0.25, 0.3) is 0 Å². The van der Waals surface area contributed by atoms with Gasteiger partial charge in [-0.1, -0.05) is 42.5 Å². The highest BCUT2D eigenvalue weighted by Crippen LogP contribution is 2.38. The molecule has 0 N–H and O–H groups in total. The third kappa shape index (κ3) is 4.69. The molecule has 0 radical (unpaired) electrons. The number of furan rings is 1. The number of allylic oxidation sites excluding steroid dienone is 1. The molecular weight excluding hydrogens is 508 g/mol. The van der Waals surface area contributed by atoms with Gasteiger partial charge in [0.05, 0.1) is 19.3 Å². The highest BCUT2D eigenvalue weighted by Gasteiger charge is 2.29. The van der Waals surface area contributed by atoms with Gasteiger partial charge < -0.3 is 23.4 Å². The molecule has 4 aromatic carbocycles. The number of benzene rings is 4. The average molecular weight is 533 g/mol. The Kier molecular flexibility index (Phi) is 6.54. The first-order chi connectivity index (χ1) is 19.5. The fourth-order valence-corrected chi connectivity index (χ4v) is 4.57. The second-order valence-corrected chi connectivity index (χ2v) is 9.02. The van der Waals surface area contributed by atoms with E-state index in [0.29, 0.717) is 40.4 Å². The lowest BCUT2D eigenvalue weighted by Gasteiger charge is -2.07. The van der Waals surface area contributed by atoms with Crippen LogP contribution in [0.1, 0.15) is 33.2 Å². The Morgan fingerprint density at radius 3 is 2.38 bits per heavy atom. The van der Waals surface area contributed by atoms with Gasteiger partial charge in [-0.2, -0.15) is 0 Å². The molecular formula is C33H24O7. The summed E-state index contributed by atoms with van der Waals surface area (Å²) in [5.41, 5.74) is 2.71. The molecule has 1 aromatic heterocycles. The van der Waals surface area contributed by atoms with Crippen molar-refractivity contribution in [3.05, 3.63) is 113 Å². The largest absolute Gasteiger partial charge is 0.497 e. The molecule has 2 heterocycles. The Morgan fingerprint density at radius 1 is 0.875 bits per heavy atom. The van der Waals surface area contributed by atoms with Gasteiger partial charge in [-0.15, -0.1) is 0 Å². The lowest BCUT2D eigenvalue weighted by Crippen LogP contribution is -2.09. The first-order valence-corrected chi connectivity index (χ1v) is 12.7. The maximum Gasteiger partial charge on any atom is 0.348 e. The molecule has 0 saturated heterocycles. The van der Waals surface area contributed by atoms with E-state index in [1.807, 2.05) is 61.5 Å². The average Bonchev–Trinajstić information content (AvgIpc) is 3.51. The molecule has 0 fully saturated rings. The van der Waals surface area contributed by atoms with Gasteiger partial charge in [-0.3, -0.25) is 4.79 Å². The number of Topliss-reactive ketones (excluding diaryl/α,β-unsaturated/α-hetero) is 1. The summed E-state index contributed by atoms with van der Waals surface area (Å²) in [7, 11) is 1.56. The van der Waals surface area contributed by atoms with Crippen molar-refractivity contribution in [1.82, 2.24) is 0 Å². The number of ether oxygens (including phenoxy) is 4. The lowest BCUT2D eigenvalue weighted by atomic mass is 10.1. The van der Waals surface area contributed by atoms with Crippen LogP contribution in [-0.2, 0) is 0 Å². The van der Waals surface area contributed by atoms with Crippen LogP contribution in [0.2, 0.25) is 0 Å². The standard InChI is InChI=1S/C33H24O7/c1-3-37-22-11-9-20(10-12-22)17-29-31(34)25-15-13-24(19-28(25)39-29)38-33(35)30-26-18-23(36-2)14-16-27(26)40-32(30)21-7-5-4-6-8-21/h4-19H,3H2,1-2H3/b29-17-. The smallest absolute Gasteiger partial charge is 0.348 e. The molecule has 1 aliphatic heterocycles. The Balaban J connectivity index is 1.29. The second kappa shape index (κ2) is 10.5. The van der Waals surface area contributed by atoms with Crippen LogP contribution in [0.5, 0.6) is 23.0 Å². The number of fused-ring (bicyclic) bond motifs is 2. The number of methoxy groups -OCH3 is 1. The zero-order valence-corrected chi connectivity index (χ0v) is 21.8. The molecule has 198 valence electrons. The predicted octanol–water partition coefficient (Wildman–Crippen LogP) is 7.34. The van der Waals surface area contributed by atoms with Crippen molar-refractivity contribution in [3.8, 4) is 34.3 Å². The Labute approximate surface area is 230 Å². The number of hydrogen-bond donors (Lipinski definition) is 0. The Morgan fingerprint density at radius 2 is 1.62 bits per heavy atom. The van der Waals surface area contributed by atoms with Crippen LogP contribution in [0.25, 0.3) is 28.4 Å². The summed E-state index contributed by atoms with van der Waals surface area (Å²) in [6.45, 7) is 2.49. The van der Waals surface area contributed by atoms with E-state index >= 15 is 0 Å². The van der Waals surface area contributed by atoms with E-state index in [9.17, 15) is 9.59 Å². The predicted molar refractivity (Wildman–Crippen MR) is 150 cm³/mol. The van der Waals surface area contributed by atoms with Crippen LogP contribution in [0.4, 0.5) is 0 Å². The molecule has 0 aliphatic carbocycles. The van der Waals surface area contributed by atoms with Gasteiger partial charge in [-0.05, 0) is 61.0 Å². The van der Waals surface area contributed by atoms with Crippen molar-refractivity contribution in [2.24, 2.45) is 0 Å². The van der Waals surface area contributed by atoms with Gasteiger partial charge in [0.1, 0.15) is 39.9 Å². The number of rotatable bonds is 7. The SMILES string of the molecule is CCOc1ccc(/C=C2\Oc3cc(OC(=O)c4c(-c5ccccc5)oc5ccc(OC)cc45)ccc3C2=O)cc1. The van der Waals surface area contributed by atoms with Gasteiger partial charge in [0.15, 0.2) is 5.76 Å². The van der Waals surface area contributed by atoms with Crippen molar-refractivity contribution in [2.45, 2.75) is 6.92 Å². The number of carbonyl (C=O) groups is 2. The van der Waals surface area contributed by atoms with E-state index in [4.69, 9.17) is 23.4 Å². The number of carbonyl (C=O) groups excluding carboxylic acids is 2. The molecule has 6 rings (SSSR count). The minimum atomic E-state index is -0.611. The van der Waals surface area contributed by atoms with Gasteiger partial charge in [-0.25, -0.2) is 4.79 Å². The van der Waals surface area contributed by atoms with Crippen LogP contribution in [0.3, 0.4) is 0 Å². The third-order valence-corrected chi connectivity index (χ3v) is 6.48. The quantitative estimate of drug-likeness (QED) is 0.123. The molecule has 7 nitrogen and oxygen atoms in total. The van der Waals surface area contributed by atoms with Crippen LogP contribution in [0.15, 0.2) is 101 Å². The van der Waals surface area contributed by atoms with E-state index in [1.54, 1.807) is 43.5 Å². The molecule has 0 bridgehead atoms. The summed E-state index contributed by atoms with van der Waals surface area (Å²) in [6, 6.07) is 26.7. The van der Waals surface area contributed by atoms with E-state index < -0.39 is 5.97 Å². The number of esters is 1. The molecule has 0 spiro atoms. The lowest BCUT2D eigenvalue weighted by molar-refractivity contribution is 0.0736. The maximum atomic E-state index is 13.6. The van der Waals surface area contributed by atoms with E-state index in [2.05, 4.69) is 0 Å². The molecule has 0 saturated carbocycles. The monoisotopic (exact) mass is 532 g/mol. The van der Waals surface area contributed by atoms with E-state index in [0.717, 1.165) is 16.9 Å². The van der Waals surface area contributed by atoms with Crippen molar-refractivity contribution in [1.29, 1.82) is 0 Å². The third-order valence-electron chi connectivity index (χ3n) is 6.48. The zero-order valence-electron chi connectivity index (χ0n) is 21.8. The maximum absolute atomic E-state index is 13.6. The summed E-state index contributed by atoms with van der Waals surface area (Å²) >= 11 is 0. The first kappa shape index (κ1) is 25.0. The molecule has 40 heavy (non-hydrogen) atoms. The topological polar surface area (TPSA) is 84.2 Å². The number of ketones is 1. The van der Waals surface area contributed by atoms with Crippen LogP contribution < -0.4 is 18.9 Å². The van der Waals surface area contributed by atoms with E-state index in [1.165, 1.54) is 6.07 Å². The van der Waals surface area contributed by atoms with Crippen LogP contribution >= 0.6 is 0 Å². The minimum Gasteiger partial charge on any atom is -0.497 e. The van der Waals surface area contributed by atoms with Crippen molar-refractivity contribution in [3.63, 3.8) is 0 Å². The summed E-state index contributed by atoms with van der Waals surface area (Å²) in [5.74, 6) is 1.59. The molecule has 5 aromatic rings. The molecule has 7 heteroatoms. The van der Waals surface area contributed by atoms with E-state index in [-0.39, 0.29) is 22.9 Å². The summed E-state index contributed by atoms with van der Waals surface area (Å²) < 4.78 is 28.6. The highest BCUT2D eigenvalue weighted by molar-refractivity contribution is 6.15. The van der Waals surface area contributed by atoms with Crippen molar-refractivity contribution in [2.75, 3.05) is 13.7 Å². The van der Waals surface area contributed by atoms with Crippen LogP contribution in [0, 0.1) is 0 Å².